The molecule has 0 radical (unpaired) electrons. The quantitative estimate of drug-likeness (QED) is 0.785. The molecular weight excluding hydrogens is 258 g/mol. The number of nitrogens with one attached hydrogen (secondary N) is 1. The van der Waals surface area contributed by atoms with Gasteiger partial charge in [0, 0.05) is 12.5 Å². The summed E-state index contributed by atoms with van der Waals surface area (Å²) in [5.41, 5.74) is 0. The van der Waals surface area contributed by atoms with E-state index in [9.17, 15) is 0 Å². The maximum absolute atomic E-state index is 5.57. The van der Waals surface area contributed by atoms with E-state index in [1.165, 1.54) is 0 Å². The molecule has 1 aliphatic heterocycles. The Hall–Kier alpha value is -0.980. The Morgan fingerprint density at radius 2 is 2.20 bits per heavy atom. The van der Waals surface area contributed by atoms with E-state index in [1.54, 1.807) is 0 Å². The summed E-state index contributed by atoms with van der Waals surface area (Å²) in [6.45, 7) is 7.11. The molecule has 1 fully saturated rings. The van der Waals surface area contributed by atoms with E-state index in [2.05, 4.69) is 29.3 Å². The average molecular weight is 283 g/mol. The van der Waals surface area contributed by atoms with Crippen molar-refractivity contribution in [1.82, 2.24) is 15.5 Å². The van der Waals surface area contributed by atoms with Crippen LogP contribution in [0.3, 0.4) is 0 Å². The van der Waals surface area contributed by atoms with E-state index in [0.717, 1.165) is 32.2 Å². The van der Waals surface area contributed by atoms with Crippen LogP contribution >= 0.6 is 0 Å². The third kappa shape index (κ3) is 4.54. The number of hydrogen-bond acceptors (Lipinski definition) is 6. The number of nitrogens with zero attached hydrogens (tertiary/aromatic N) is 2. The minimum Gasteiger partial charge on any atom is -0.376 e. The summed E-state index contributed by atoms with van der Waals surface area (Å²) >= 11 is 0. The average Bonchev–Trinajstić information content (AvgIpc) is 2.94. The predicted octanol–water partition coefficient (Wildman–Crippen LogP) is 1.87. The normalized spacial score (nSPS) is 21.0. The first-order valence-electron chi connectivity index (χ1n) is 7.58. The highest BCUT2D eigenvalue weighted by Gasteiger charge is 2.23. The molecule has 1 aromatic heterocycles. The molecule has 1 saturated heterocycles. The highest BCUT2D eigenvalue weighted by molar-refractivity contribution is 4.94. The number of hydrogen-bond donors (Lipinski definition) is 1. The van der Waals surface area contributed by atoms with Crippen LogP contribution in [0, 0.1) is 0 Å². The lowest BCUT2D eigenvalue weighted by atomic mass is 10.1. The minimum atomic E-state index is -0.186. The zero-order valence-corrected chi connectivity index (χ0v) is 12.4. The van der Waals surface area contributed by atoms with Gasteiger partial charge in [-0.15, -0.1) is 0 Å². The van der Waals surface area contributed by atoms with Crippen molar-refractivity contribution in [3.63, 3.8) is 0 Å². The Bertz CT molecular complexity index is 377. The van der Waals surface area contributed by atoms with Crippen LogP contribution < -0.4 is 5.32 Å². The Kier molecular flexibility index (Phi) is 6.42. The van der Waals surface area contributed by atoms with Gasteiger partial charge >= 0.3 is 0 Å². The summed E-state index contributed by atoms with van der Waals surface area (Å²) < 4.78 is 16.3. The molecule has 6 nitrogen and oxygen atoms in total. The van der Waals surface area contributed by atoms with Crippen molar-refractivity contribution >= 4 is 0 Å². The maximum atomic E-state index is 5.57. The second-order valence-electron chi connectivity index (χ2n) is 5.12. The summed E-state index contributed by atoms with van der Waals surface area (Å²) in [5.74, 6) is 1.28. The largest absolute Gasteiger partial charge is 0.376 e. The van der Waals surface area contributed by atoms with Gasteiger partial charge in [0.1, 0.15) is 6.10 Å². The summed E-state index contributed by atoms with van der Waals surface area (Å²) in [4.78, 5) is 4.44. The molecule has 2 rings (SSSR count). The molecule has 0 bridgehead atoms. The molecule has 2 atom stereocenters. The molecule has 0 amide bonds. The van der Waals surface area contributed by atoms with Crippen LogP contribution in [0.5, 0.6) is 0 Å². The molecule has 114 valence electrons. The van der Waals surface area contributed by atoms with Crippen LogP contribution in [0.4, 0.5) is 0 Å². The van der Waals surface area contributed by atoms with Crippen molar-refractivity contribution in [1.29, 1.82) is 0 Å². The third-order valence-electron chi connectivity index (χ3n) is 3.33. The number of ether oxygens (including phenoxy) is 2. The van der Waals surface area contributed by atoms with Crippen molar-refractivity contribution in [2.45, 2.75) is 51.7 Å². The Morgan fingerprint density at radius 1 is 1.30 bits per heavy atom. The summed E-state index contributed by atoms with van der Waals surface area (Å²) in [6, 6.07) is 0.400. The fraction of sp³-hybridized carbons (Fsp3) is 0.857. The van der Waals surface area contributed by atoms with Gasteiger partial charge in [-0.2, -0.15) is 4.98 Å². The molecule has 20 heavy (non-hydrogen) atoms. The van der Waals surface area contributed by atoms with Gasteiger partial charge in [-0.05, 0) is 19.4 Å². The molecule has 6 heteroatoms. The standard InChI is InChI=1S/C14H25N3O3/c1-3-5-11(15-6-4-2)9-13-16-14(17-20-13)12-10-18-7-8-19-12/h11-12,15H,3-10H2,1-2H3. The lowest BCUT2D eigenvalue weighted by molar-refractivity contribution is -0.0941. The van der Waals surface area contributed by atoms with E-state index in [0.29, 0.717) is 37.6 Å². The van der Waals surface area contributed by atoms with Crippen LogP contribution in [0.1, 0.15) is 50.9 Å². The Labute approximate surface area is 120 Å². The van der Waals surface area contributed by atoms with Crippen LogP contribution in [0.2, 0.25) is 0 Å². The van der Waals surface area contributed by atoms with Gasteiger partial charge in [0.15, 0.2) is 0 Å². The Morgan fingerprint density at radius 3 is 2.90 bits per heavy atom. The van der Waals surface area contributed by atoms with Crippen molar-refractivity contribution < 1.29 is 14.0 Å². The topological polar surface area (TPSA) is 69.4 Å². The van der Waals surface area contributed by atoms with E-state index in [1.807, 2.05) is 0 Å². The first-order valence-corrected chi connectivity index (χ1v) is 7.58. The number of rotatable bonds is 8. The summed E-state index contributed by atoms with van der Waals surface area (Å²) in [7, 11) is 0. The maximum Gasteiger partial charge on any atom is 0.228 e. The van der Waals surface area contributed by atoms with Crippen molar-refractivity contribution in [2.24, 2.45) is 0 Å². The van der Waals surface area contributed by atoms with Crippen molar-refractivity contribution in [3.8, 4) is 0 Å². The van der Waals surface area contributed by atoms with Crippen LogP contribution in [-0.2, 0) is 15.9 Å². The van der Waals surface area contributed by atoms with Crippen LogP contribution in [-0.4, -0.2) is 42.5 Å². The fourth-order valence-corrected chi connectivity index (χ4v) is 2.30. The molecular formula is C14H25N3O3. The molecule has 1 aliphatic rings. The zero-order chi connectivity index (χ0) is 14.2. The highest BCUT2D eigenvalue weighted by atomic mass is 16.6. The van der Waals surface area contributed by atoms with E-state index in [-0.39, 0.29) is 6.10 Å². The second kappa shape index (κ2) is 8.34. The predicted molar refractivity (Wildman–Crippen MR) is 74.5 cm³/mol. The Balaban J connectivity index is 1.89. The molecule has 2 unspecified atom stereocenters. The van der Waals surface area contributed by atoms with Gasteiger partial charge in [-0.1, -0.05) is 25.4 Å². The van der Waals surface area contributed by atoms with E-state index < -0.39 is 0 Å². The summed E-state index contributed by atoms with van der Waals surface area (Å²) in [6.07, 6.45) is 3.97. The monoisotopic (exact) mass is 283 g/mol. The van der Waals surface area contributed by atoms with Gasteiger partial charge < -0.3 is 19.3 Å². The lowest BCUT2D eigenvalue weighted by Gasteiger charge is -2.19. The lowest BCUT2D eigenvalue weighted by Crippen LogP contribution is -2.31. The molecule has 1 N–H and O–H groups in total. The van der Waals surface area contributed by atoms with Gasteiger partial charge in [-0.25, -0.2) is 0 Å². The SMILES string of the molecule is CCCNC(CCC)Cc1nc(C2COCCO2)no1. The zero-order valence-electron chi connectivity index (χ0n) is 12.4. The van der Waals surface area contributed by atoms with E-state index in [4.69, 9.17) is 14.0 Å². The van der Waals surface area contributed by atoms with Crippen LogP contribution in [0.15, 0.2) is 4.52 Å². The smallest absolute Gasteiger partial charge is 0.228 e. The molecule has 1 aromatic rings. The molecule has 2 heterocycles. The van der Waals surface area contributed by atoms with E-state index >= 15 is 0 Å². The molecule has 0 saturated carbocycles. The highest BCUT2D eigenvalue weighted by Crippen LogP contribution is 2.18. The molecule has 0 aliphatic carbocycles. The van der Waals surface area contributed by atoms with Gasteiger partial charge in [-0.3, -0.25) is 0 Å². The van der Waals surface area contributed by atoms with Crippen molar-refractivity contribution in [3.05, 3.63) is 11.7 Å². The second-order valence-corrected chi connectivity index (χ2v) is 5.12. The third-order valence-corrected chi connectivity index (χ3v) is 3.33. The minimum absolute atomic E-state index is 0.186. The number of aromatic nitrogens is 2. The van der Waals surface area contributed by atoms with Gasteiger partial charge in [0.25, 0.3) is 0 Å². The molecule has 0 aromatic carbocycles. The fourth-order valence-electron chi connectivity index (χ4n) is 2.30. The van der Waals surface area contributed by atoms with Gasteiger partial charge in [0.05, 0.1) is 19.8 Å². The summed E-state index contributed by atoms with van der Waals surface area (Å²) in [5, 5.41) is 7.54. The molecule has 0 spiro atoms. The first-order chi connectivity index (χ1) is 9.83. The van der Waals surface area contributed by atoms with Gasteiger partial charge in [0.2, 0.25) is 11.7 Å². The first kappa shape index (κ1) is 15.4. The van der Waals surface area contributed by atoms with Crippen molar-refractivity contribution in [2.75, 3.05) is 26.4 Å². The van der Waals surface area contributed by atoms with Crippen LogP contribution in [0.25, 0.3) is 0 Å².